The van der Waals surface area contributed by atoms with Crippen LogP contribution in [0.3, 0.4) is 0 Å². The fourth-order valence-electron chi connectivity index (χ4n) is 3.17. The van der Waals surface area contributed by atoms with Crippen molar-refractivity contribution in [3.8, 4) is 0 Å². The van der Waals surface area contributed by atoms with Crippen molar-refractivity contribution in [2.24, 2.45) is 0 Å². The zero-order valence-corrected chi connectivity index (χ0v) is 19.4. The molecule has 0 aliphatic carbocycles. The monoisotopic (exact) mass is 461 g/mol. The number of sulfone groups is 1. The van der Waals surface area contributed by atoms with E-state index in [-0.39, 0.29) is 27.1 Å². The Morgan fingerprint density at radius 1 is 1.00 bits per heavy atom. The summed E-state index contributed by atoms with van der Waals surface area (Å²) < 4.78 is 56.2. The van der Waals surface area contributed by atoms with Crippen molar-refractivity contribution in [3.63, 3.8) is 0 Å². The van der Waals surface area contributed by atoms with Crippen LogP contribution in [0.5, 0.6) is 0 Å². The summed E-state index contributed by atoms with van der Waals surface area (Å²) in [4.78, 5) is 4.00. The number of aryl methyl sites for hydroxylation is 2. The van der Waals surface area contributed by atoms with Crippen molar-refractivity contribution in [1.82, 2.24) is 14.3 Å². The molecule has 7 nitrogen and oxygen atoms in total. The van der Waals surface area contributed by atoms with Gasteiger partial charge in [-0.1, -0.05) is 32.0 Å². The van der Waals surface area contributed by atoms with Gasteiger partial charge >= 0.3 is 0 Å². The van der Waals surface area contributed by atoms with Gasteiger partial charge in [-0.2, -0.15) is 0 Å². The summed E-state index contributed by atoms with van der Waals surface area (Å²) in [5.74, 6) is 0.285. The Bertz CT molecular complexity index is 1230. The van der Waals surface area contributed by atoms with Crippen molar-refractivity contribution in [2.45, 2.75) is 54.3 Å². The van der Waals surface area contributed by atoms with E-state index in [1.807, 2.05) is 18.4 Å². The lowest BCUT2D eigenvalue weighted by atomic mass is 10.0. The van der Waals surface area contributed by atoms with E-state index in [4.69, 9.17) is 0 Å². The fourth-order valence-corrected chi connectivity index (χ4v) is 5.87. The Kier molecular flexibility index (Phi) is 6.98. The molecule has 0 aliphatic heterocycles. The molecular formula is C22H27N3O4S2. The quantitative estimate of drug-likeness (QED) is 0.492. The third-order valence-corrected chi connectivity index (χ3v) is 8.43. The van der Waals surface area contributed by atoms with Gasteiger partial charge in [-0.05, 0) is 54.7 Å². The number of rotatable bonds is 9. The number of benzene rings is 2. The van der Waals surface area contributed by atoms with E-state index in [2.05, 4.69) is 9.71 Å². The molecule has 166 valence electrons. The molecule has 0 saturated carbocycles. The van der Waals surface area contributed by atoms with E-state index in [0.29, 0.717) is 18.5 Å². The third-order valence-electron chi connectivity index (χ3n) is 5.06. The molecule has 1 N–H and O–H groups in total. The summed E-state index contributed by atoms with van der Waals surface area (Å²) in [6.45, 7) is 6.57. The summed E-state index contributed by atoms with van der Waals surface area (Å²) in [6, 6.07) is 10.9. The number of hydrogen-bond donors (Lipinski definition) is 1. The molecule has 0 bridgehead atoms. The predicted octanol–water partition coefficient (Wildman–Crippen LogP) is 3.52. The zero-order chi connectivity index (χ0) is 22.6. The number of nitrogens with zero attached hydrogens (tertiary/aromatic N) is 2. The van der Waals surface area contributed by atoms with Crippen molar-refractivity contribution in [3.05, 3.63) is 72.3 Å². The molecule has 31 heavy (non-hydrogen) atoms. The largest absolute Gasteiger partial charge is 0.337 e. The lowest BCUT2D eigenvalue weighted by Crippen LogP contribution is -2.26. The highest BCUT2D eigenvalue weighted by Gasteiger charge is 2.23. The molecular weight excluding hydrogens is 434 g/mol. The lowest BCUT2D eigenvalue weighted by molar-refractivity contribution is 0.569. The number of nitrogens with one attached hydrogen (secondary N) is 1. The average Bonchev–Trinajstić information content (AvgIpc) is 3.25. The van der Waals surface area contributed by atoms with Gasteiger partial charge in [-0.25, -0.2) is 26.5 Å². The smallest absolute Gasteiger partial charge is 0.240 e. The van der Waals surface area contributed by atoms with Gasteiger partial charge in [-0.3, -0.25) is 0 Å². The van der Waals surface area contributed by atoms with Gasteiger partial charge in [-0.15, -0.1) is 0 Å². The van der Waals surface area contributed by atoms with Crippen LogP contribution in [0.1, 0.15) is 37.3 Å². The van der Waals surface area contributed by atoms with Crippen LogP contribution in [0.25, 0.3) is 0 Å². The topological polar surface area (TPSA) is 98.1 Å². The number of sulfonamides is 1. The second-order valence-corrected chi connectivity index (χ2v) is 11.4. The van der Waals surface area contributed by atoms with Gasteiger partial charge in [0.15, 0.2) is 0 Å². The van der Waals surface area contributed by atoms with Crippen LogP contribution in [-0.2, 0) is 26.4 Å². The van der Waals surface area contributed by atoms with Crippen LogP contribution in [0.4, 0.5) is 0 Å². The van der Waals surface area contributed by atoms with E-state index < -0.39 is 19.9 Å². The van der Waals surface area contributed by atoms with Crippen LogP contribution in [0, 0.1) is 6.92 Å². The first-order valence-electron chi connectivity index (χ1n) is 10.0. The molecule has 0 aliphatic rings. The van der Waals surface area contributed by atoms with E-state index in [0.717, 1.165) is 5.56 Å². The maximum Gasteiger partial charge on any atom is 0.240 e. The molecule has 0 amide bonds. The van der Waals surface area contributed by atoms with Crippen LogP contribution < -0.4 is 4.72 Å². The molecule has 1 heterocycles. The van der Waals surface area contributed by atoms with Crippen LogP contribution in [0.15, 0.2) is 75.9 Å². The minimum absolute atomic E-state index is 0.0324. The first-order valence-corrected chi connectivity index (χ1v) is 13.0. The first-order chi connectivity index (χ1) is 14.6. The molecule has 0 spiro atoms. The van der Waals surface area contributed by atoms with Crippen molar-refractivity contribution in [2.75, 3.05) is 6.54 Å². The molecule has 0 fully saturated rings. The maximum absolute atomic E-state index is 13.1. The van der Waals surface area contributed by atoms with E-state index in [1.54, 1.807) is 49.9 Å². The van der Waals surface area contributed by atoms with Gasteiger partial charge in [0.2, 0.25) is 19.9 Å². The summed E-state index contributed by atoms with van der Waals surface area (Å²) in [5.41, 5.74) is 1.52. The van der Waals surface area contributed by atoms with E-state index in [1.165, 1.54) is 18.2 Å². The zero-order valence-electron chi connectivity index (χ0n) is 17.8. The summed E-state index contributed by atoms with van der Waals surface area (Å²) in [7, 11) is -7.69. The molecule has 0 unspecified atom stereocenters. The Morgan fingerprint density at radius 2 is 1.68 bits per heavy atom. The van der Waals surface area contributed by atoms with Crippen LogP contribution in [-0.4, -0.2) is 32.9 Å². The van der Waals surface area contributed by atoms with Crippen molar-refractivity contribution < 1.29 is 16.8 Å². The summed E-state index contributed by atoms with van der Waals surface area (Å²) in [6.07, 6.45) is 5.71. The highest BCUT2D eigenvalue weighted by atomic mass is 32.2. The molecule has 0 atom stereocenters. The molecule has 1 aromatic heterocycles. The fraction of sp³-hybridized carbons (Fsp3) is 0.318. The van der Waals surface area contributed by atoms with E-state index in [9.17, 15) is 16.8 Å². The lowest BCUT2D eigenvalue weighted by Gasteiger charge is -2.12. The maximum atomic E-state index is 13.1. The second kappa shape index (κ2) is 9.33. The highest BCUT2D eigenvalue weighted by molar-refractivity contribution is 7.91. The predicted molar refractivity (Wildman–Crippen MR) is 119 cm³/mol. The Hall–Kier alpha value is -2.49. The Balaban J connectivity index is 1.81. The SMILES string of the molecule is Cc1ccc(S(=O)(=O)c2ccc(C(C)C)cc2)cc1S(=O)(=O)NCCCn1ccnc1. The Morgan fingerprint density at radius 3 is 2.29 bits per heavy atom. The molecule has 3 rings (SSSR count). The summed E-state index contributed by atoms with van der Waals surface area (Å²) >= 11 is 0. The van der Waals surface area contributed by atoms with Crippen molar-refractivity contribution >= 4 is 19.9 Å². The van der Waals surface area contributed by atoms with Crippen LogP contribution >= 0.6 is 0 Å². The molecule has 0 radical (unpaired) electrons. The summed E-state index contributed by atoms with van der Waals surface area (Å²) in [5, 5.41) is 0. The van der Waals surface area contributed by atoms with Gasteiger partial charge in [0.25, 0.3) is 0 Å². The Labute approximate surface area is 184 Å². The van der Waals surface area contributed by atoms with Gasteiger partial charge in [0, 0.05) is 25.5 Å². The minimum atomic E-state index is -3.85. The van der Waals surface area contributed by atoms with Gasteiger partial charge in [0.05, 0.1) is 21.0 Å². The number of hydrogen-bond acceptors (Lipinski definition) is 5. The standard InChI is InChI=1S/C22H27N3O4S2/c1-17(2)19-6-9-20(10-7-19)30(26,27)21-8-5-18(3)22(15-21)31(28,29)24-11-4-13-25-14-12-23-16-25/h5-10,12,14-17,24H,4,11,13H2,1-3H3. The molecule has 9 heteroatoms. The molecule has 3 aromatic rings. The van der Waals surface area contributed by atoms with E-state index >= 15 is 0 Å². The van der Waals surface area contributed by atoms with Crippen molar-refractivity contribution in [1.29, 1.82) is 0 Å². The van der Waals surface area contributed by atoms with Gasteiger partial charge < -0.3 is 4.57 Å². The molecule has 2 aromatic carbocycles. The normalized spacial score (nSPS) is 12.4. The first kappa shape index (κ1) is 23.2. The average molecular weight is 462 g/mol. The second-order valence-electron chi connectivity index (χ2n) is 7.71. The molecule has 0 saturated heterocycles. The number of aromatic nitrogens is 2. The minimum Gasteiger partial charge on any atom is -0.337 e. The van der Waals surface area contributed by atoms with Crippen LogP contribution in [0.2, 0.25) is 0 Å². The highest BCUT2D eigenvalue weighted by Crippen LogP contribution is 2.26. The number of imidazole rings is 1. The van der Waals surface area contributed by atoms with Gasteiger partial charge in [0.1, 0.15) is 0 Å². The third kappa shape index (κ3) is 5.41.